The molecule has 0 heterocycles. The first-order valence-electron chi connectivity index (χ1n) is 8.24. The largest absolute Gasteiger partial charge is 0.465 e. The van der Waals surface area contributed by atoms with Crippen LogP contribution in [0.25, 0.3) is 0 Å². The van der Waals surface area contributed by atoms with E-state index in [-0.39, 0.29) is 24.8 Å². The molecule has 2 N–H and O–H groups in total. The molecular formula is C20H22N2O4. The Bertz CT molecular complexity index is 830. The standard InChI is InChI=1S/C20H22N2O4/c1-13-5-4-6-15(11-13)19(24)21-10-9-18(23)22-17-12-16(20(25)26-3)8-7-14(17)2/h4-8,11-12H,9-10H2,1-3H3,(H,21,24)(H,22,23). The van der Waals surface area contributed by atoms with E-state index in [9.17, 15) is 14.4 Å². The molecule has 0 aliphatic rings. The van der Waals surface area contributed by atoms with Gasteiger partial charge in [-0.05, 0) is 43.7 Å². The van der Waals surface area contributed by atoms with Crippen molar-refractivity contribution in [3.8, 4) is 0 Å². The molecule has 0 radical (unpaired) electrons. The lowest BCUT2D eigenvalue weighted by Crippen LogP contribution is -2.27. The summed E-state index contributed by atoms with van der Waals surface area (Å²) in [6, 6.07) is 12.2. The zero-order chi connectivity index (χ0) is 19.1. The molecule has 0 aromatic heterocycles. The molecular weight excluding hydrogens is 332 g/mol. The van der Waals surface area contributed by atoms with Crippen molar-refractivity contribution in [1.82, 2.24) is 5.32 Å². The summed E-state index contributed by atoms with van der Waals surface area (Å²) >= 11 is 0. The first-order chi connectivity index (χ1) is 12.4. The van der Waals surface area contributed by atoms with Gasteiger partial charge in [0.05, 0.1) is 12.7 Å². The van der Waals surface area contributed by atoms with Gasteiger partial charge in [-0.1, -0.05) is 23.8 Å². The lowest BCUT2D eigenvalue weighted by molar-refractivity contribution is -0.116. The van der Waals surface area contributed by atoms with E-state index in [2.05, 4.69) is 15.4 Å². The number of anilines is 1. The molecule has 0 atom stereocenters. The maximum Gasteiger partial charge on any atom is 0.337 e. The van der Waals surface area contributed by atoms with E-state index in [1.807, 2.05) is 26.0 Å². The molecule has 2 aromatic rings. The third-order valence-corrected chi connectivity index (χ3v) is 3.85. The highest BCUT2D eigenvalue weighted by molar-refractivity contribution is 5.96. The molecule has 6 heteroatoms. The van der Waals surface area contributed by atoms with Crippen molar-refractivity contribution >= 4 is 23.5 Å². The van der Waals surface area contributed by atoms with Crippen LogP contribution in [0.1, 0.15) is 38.3 Å². The number of benzene rings is 2. The molecule has 136 valence electrons. The van der Waals surface area contributed by atoms with Crippen molar-refractivity contribution in [2.45, 2.75) is 20.3 Å². The lowest BCUT2D eigenvalue weighted by atomic mass is 10.1. The highest BCUT2D eigenvalue weighted by Gasteiger charge is 2.11. The molecule has 0 saturated heterocycles. The molecule has 6 nitrogen and oxygen atoms in total. The Kier molecular flexibility index (Phi) is 6.49. The smallest absolute Gasteiger partial charge is 0.337 e. The minimum Gasteiger partial charge on any atom is -0.465 e. The van der Waals surface area contributed by atoms with E-state index in [1.165, 1.54) is 7.11 Å². The Morgan fingerprint density at radius 2 is 1.77 bits per heavy atom. The summed E-state index contributed by atoms with van der Waals surface area (Å²) in [4.78, 5) is 35.7. The minimum absolute atomic E-state index is 0.124. The van der Waals surface area contributed by atoms with Gasteiger partial charge in [0, 0.05) is 24.2 Å². The molecule has 0 aliphatic carbocycles. The van der Waals surface area contributed by atoms with Crippen molar-refractivity contribution < 1.29 is 19.1 Å². The fourth-order valence-corrected chi connectivity index (χ4v) is 2.39. The Balaban J connectivity index is 1.89. The fraction of sp³-hybridized carbons (Fsp3) is 0.250. The molecule has 0 bridgehead atoms. The number of esters is 1. The normalized spacial score (nSPS) is 10.1. The van der Waals surface area contributed by atoms with E-state index < -0.39 is 5.97 Å². The van der Waals surface area contributed by atoms with Gasteiger partial charge in [0.25, 0.3) is 5.91 Å². The van der Waals surface area contributed by atoms with E-state index in [4.69, 9.17) is 0 Å². The second kappa shape index (κ2) is 8.80. The average Bonchev–Trinajstić information content (AvgIpc) is 2.62. The van der Waals surface area contributed by atoms with Gasteiger partial charge >= 0.3 is 5.97 Å². The van der Waals surface area contributed by atoms with Gasteiger partial charge in [-0.15, -0.1) is 0 Å². The Labute approximate surface area is 152 Å². The number of hydrogen-bond donors (Lipinski definition) is 2. The van der Waals surface area contributed by atoms with Crippen LogP contribution in [0.4, 0.5) is 5.69 Å². The predicted molar refractivity (Wildman–Crippen MR) is 99.3 cm³/mol. The average molecular weight is 354 g/mol. The molecule has 0 spiro atoms. The van der Waals surface area contributed by atoms with Crippen LogP contribution < -0.4 is 10.6 Å². The van der Waals surface area contributed by atoms with Gasteiger partial charge in [0.1, 0.15) is 0 Å². The number of amides is 2. The summed E-state index contributed by atoms with van der Waals surface area (Å²) in [6.07, 6.45) is 0.124. The van der Waals surface area contributed by atoms with E-state index in [0.29, 0.717) is 16.8 Å². The maximum absolute atomic E-state index is 12.1. The van der Waals surface area contributed by atoms with Crippen molar-refractivity contribution in [1.29, 1.82) is 0 Å². The fourth-order valence-electron chi connectivity index (χ4n) is 2.39. The summed E-state index contributed by atoms with van der Waals surface area (Å²) in [5, 5.41) is 5.48. The van der Waals surface area contributed by atoms with Crippen LogP contribution in [0.15, 0.2) is 42.5 Å². The lowest BCUT2D eigenvalue weighted by Gasteiger charge is -2.10. The van der Waals surface area contributed by atoms with Crippen LogP contribution in [-0.2, 0) is 9.53 Å². The Morgan fingerprint density at radius 1 is 1.00 bits per heavy atom. The molecule has 0 fully saturated rings. The third-order valence-electron chi connectivity index (χ3n) is 3.85. The highest BCUT2D eigenvalue weighted by Crippen LogP contribution is 2.17. The number of rotatable bonds is 6. The summed E-state index contributed by atoms with van der Waals surface area (Å²) in [5.41, 5.74) is 3.29. The first kappa shape index (κ1) is 19.2. The van der Waals surface area contributed by atoms with Gasteiger partial charge in [0.2, 0.25) is 5.91 Å². The number of carbonyl (C=O) groups is 3. The van der Waals surface area contributed by atoms with E-state index in [0.717, 1.165) is 11.1 Å². The molecule has 2 rings (SSSR count). The second-order valence-electron chi connectivity index (χ2n) is 5.94. The van der Waals surface area contributed by atoms with Crippen LogP contribution in [-0.4, -0.2) is 31.4 Å². The Hall–Kier alpha value is -3.15. The Morgan fingerprint density at radius 3 is 2.46 bits per heavy atom. The van der Waals surface area contributed by atoms with Crippen LogP contribution >= 0.6 is 0 Å². The third kappa shape index (κ3) is 5.17. The predicted octanol–water partition coefficient (Wildman–Crippen LogP) is 2.85. The number of nitrogens with one attached hydrogen (secondary N) is 2. The van der Waals surface area contributed by atoms with Crippen LogP contribution in [0, 0.1) is 13.8 Å². The van der Waals surface area contributed by atoms with Crippen molar-refractivity contribution in [2.24, 2.45) is 0 Å². The van der Waals surface area contributed by atoms with Crippen LogP contribution in [0.5, 0.6) is 0 Å². The molecule has 2 amide bonds. The molecule has 0 unspecified atom stereocenters. The van der Waals surface area contributed by atoms with E-state index in [1.54, 1.807) is 30.3 Å². The maximum atomic E-state index is 12.1. The van der Waals surface area contributed by atoms with Gasteiger partial charge < -0.3 is 15.4 Å². The molecule has 2 aromatic carbocycles. The number of hydrogen-bond acceptors (Lipinski definition) is 4. The number of ether oxygens (including phenoxy) is 1. The minimum atomic E-state index is -0.467. The quantitative estimate of drug-likeness (QED) is 0.781. The summed E-state index contributed by atoms with van der Waals surface area (Å²) in [5.74, 6) is -0.934. The molecule has 26 heavy (non-hydrogen) atoms. The van der Waals surface area contributed by atoms with Crippen molar-refractivity contribution in [3.05, 3.63) is 64.7 Å². The monoisotopic (exact) mass is 354 g/mol. The first-order valence-corrected chi connectivity index (χ1v) is 8.24. The van der Waals surface area contributed by atoms with Crippen LogP contribution in [0.3, 0.4) is 0 Å². The topological polar surface area (TPSA) is 84.5 Å². The molecule has 0 aliphatic heterocycles. The molecule has 0 saturated carbocycles. The number of methoxy groups -OCH3 is 1. The SMILES string of the molecule is COC(=O)c1ccc(C)c(NC(=O)CCNC(=O)c2cccc(C)c2)c1. The number of carbonyl (C=O) groups excluding carboxylic acids is 3. The van der Waals surface area contributed by atoms with Gasteiger partial charge in [-0.25, -0.2) is 4.79 Å². The van der Waals surface area contributed by atoms with E-state index >= 15 is 0 Å². The zero-order valence-electron chi connectivity index (χ0n) is 15.1. The van der Waals surface area contributed by atoms with Gasteiger partial charge in [0.15, 0.2) is 0 Å². The van der Waals surface area contributed by atoms with Gasteiger partial charge in [-0.3, -0.25) is 9.59 Å². The van der Waals surface area contributed by atoms with Crippen molar-refractivity contribution in [2.75, 3.05) is 19.0 Å². The zero-order valence-corrected chi connectivity index (χ0v) is 15.1. The summed E-state index contributed by atoms with van der Waals surface area (Å²) in [6.45, 7) is 3.96. The van der Waals surface area contributed by atoms with Crippen molar-refractivity contribution in [3.63, 3.8) is 0 Å². The van der Waals surface area contributed by atoms with Gasteiger partial charge in [-0.2, -0.15) is 0 Å². The summed E-state index contributed by atoms with van der Waals surface area (Å²) in [7, 11) is 1.30. The number of aryl methyl sites for hydroxylation is 2. The second-order valence-corrected chi connectivity index (χ2v) is 5.94. The van der Waals surface area contributed by atoms with Crippen LogP contribution in [0.2, 0.25) is 0 Å². The summed E-state index contributed by atoms with van der Waals surface area (Å²) < 4.78 is 4.68. The highest BCUT2D eigenvalue weighted by atomic mass is 16.5.